The van der Waals surface area contributed by atoms with Crippen LogP contribution in [0.4, 0.5) is 15.8 Å². The Balaban J connectivity index is 2.41. The van der Waals surface area contributed by atoms with Crippen LogP contribution in [0.2, 0.25) is 0 Å². The molecule has 0 aliphatic carbocycles. The van der Waals surface area contributed by atoms with Gasteiger partial charge in [0, 0.05) is 18.5 Å². The molecule has 1 atom stereocenters. The predicted octanol–water partition coefficient (Wildman–Crippen LogP) is 3.37. The van der Waals surface area contributed by atoms with Gasteiger partial charge in [0.2, 0.25) is 5.91 Å². The Morgan fingerprint density at radius 2 is 2.12 bits per heavy atom. The molecule has 17 heavy (non-hydrogen) atoms. The molecule has 0 radical (unpaired) electrons. The molecule has 5 heteroatoms. The van der Waals surface area contributed by atoms with Crippen LogP contribution in [0.25, 0.3) is 0 Å². The summed E-state index contributed by atoms with van der Waals surface area (Å²) in [5.41, 5.74) is 1.25. The highest BCUT2D eigenvalue weighted by Crippen LogP contribution is 2.32. The van der Waals surface area contributed by atoms with Crippen molar-refractivity contribution in [1.82, 2.24) is 0 Å². The molecule has 2 N–H and O–H groups in total. The van der Waals surface area contributed by atoms with Crippen molar-refractivity contribution in [3.8, 4) is 0 Å². The SMILES string of the molecule is CC(C)C1CC(=O)Nc2cc(F)c(Br)cc2N1. The van der Waals surface area contributed by atoms with E-state index < -0.39 is 0 Å². The summed E-state index contributed by atoms with van der Waals surface area (Å²) in [6.07, 6.45) is 0.394. The lowest BCUT2D eigenvalue weighted by Crippen LogP contribution is -2.27. The molecule has 92 valence electrons. The van der Waals surface area contributed by atoms with Gasteiger partial charge in [-0.3, -0.25) is 4.79 Å². The number of hydrogen-bond donors (Lipinski definition) is 2. The Bertz CT molecular complexity index is 462. The highest BCUT2D eigenvalue weighted by atomic mass is 79.9. The first-order chi connectivity index (χ1) is 7.97. The van der Waals surface area contributed by atoms with E-state index in [2.05, 4.69) is 40.4 Å². The molecule has 1 amide bonds. The van der Waals surface area contributed by atoms with Crippen molar-refractivity contribution in [2.45, 2.75) is 26.3 Å². The lowest BCUT2D eigenvalue weighted by Gasteiger charge is -2.20. The average molecular weight is 301 g/mol. The summed E-state index contributed by atoms with van der Waals surface area (Å²) < 4.78 is 13.8. The first-order valence-electron chi connectivity index (χ1n) is 5.53. The quantitative estimate of drug-likeness (QED) is 0.835. The molecule has 1 heterocycles. The molecule has 0 saturated heterocycles. The van der Waals surface area contributed by atoms with Gasteiger partial charge in [-0.2, -0.15) is 0 Å². The minimum absolute atomic E-state index is 0.0635. The summed E-state index contributed by atoms with van der Waals surface area (Å²) in [6, 6.07) is 3.05. The topological polar surface area (TPSA) is 41.1 Å². The number of carbonyl (C=O) groups excluding carboxylic acids is 1. The number of amides is 1. The monoisotopic (exact) mass is 300 g/mol. The minimum Gasteiger partial charge on any atom is -0.380 e. The van der Waals surface area contributed by atoms with Crippen LogP contribution in [-0.2, 0) is 4.79 Å². The smallest absolute Gasteiger partial charge is 0.226 e. The molecule has 3 nitrogen and oxygen atoms in total. The van der Waals surface area contributed by atoms with E-state index in [1.165, 1.54) is 6.07 Å². The number of anilines is 2. The largest absolute Gasteiger partial charge is 0.380 e. The van der Waals surface area contributed by atoms with E-state index in [1.54, 1.807) is 6.07 Å². The van der Waals surface area contributed by atoms with Gasteiger partial charge in [0.05, 0.1) is 15.8 Å². The van der Waals surface area contributed by atoms with Crippen LogP contribution in [0.1, 0.15) is 20.3 Å². The third-order valence-corrected chi connectivity index (χ3v) is 3.49. The van der Waals surface area contributed by atoms with Crippen LogP contribution < -0.4 is 10.6 Å². The Morgan fingerprint density at radius 1 is 1.41 bits per heavy atom. The standard InChI is InChI=1S/C12H14BrFN2O/c1-6(2)9-5-12(17)16-11-4-8(14)7(13)3-10(11)15-9/h3-4,6,9,15H,5H2,1-2H3,(H,16,17). The van der Waals surface area contributed by atoms with Crippen LogP contribution in [0.3, 0.4) is 0 Å². The fraction of sp³-hybridized carbons (Fsp3) is 0.417. The van der Waals surface area contributed by atoms with Gasteiger partial charge in [-0.05, 0) is 27.9 Å². The van der Waals surface area contributed by atoms with Gasteiger partial charge in [0.25, 0.3) is 0 Å². The highest BCUT2D eigenvalue weighted by molar-refractivity contribution is 9.10. The van der Waals surface area contributed by atoms with Crippen molar-refractivity contribution in [2.75, 3.05) is 10.6 Å². The van der Waals surface area contributed by atoms with E-state index >= 15 is 0 Å². The van der Waals surface area contributed by atoms with E-state index in [0.717, 1.165) is 5.69 Å². The maximum Gasteiger partial charge on any atom is 0.226 e. The van der Waals surface area contributed by atoms with Crippen molar-refractivity contribution in [1.29, 1.82) is 0 Å². The fourth-order valence-corrected chi connectivity index (χ4v) is 2.17. The molecule has 0 fully saturated rings. The van der Waals surface area contributed by atoms with Gasteiger partial charge in [0.1, 0.15) is 5.82 Å². The summed E-state index contributed by atoms with van der Waals surface area (Å²) >= 11 is 3.14. The Morgan fingerprint density at radius 3 is 2.76 bits per heavy atom. The maximum atomic E-state index is 13.4. The molecule has 1 unspecified atom stereocenters. The van der Waals surface area contributed by atoms with E-state index in [0.29, 0.717) is 22.5 Å². The van der Waals surface area contributed by atoms with Crippen LogP contribution in [0.5, 0.6) is 0 Å². The number of nitrogens with one attached hydrogen (secondary N) is 2. The third-order valence-electron chi connectivity index (χ3n) is 2.89. The van der Waals surface area contributed by atoms with E-state index in [9.17, 15) is 9.18 Å². The zero-order valence-electron chi connectivity index (χ0n) is 9.68. The Hall–Kier alpha value is -1.10. The number of halogens is 2. The van der Waals surface area contributed by atoms with E-state index in [4.69, 9.17) is 0 Å². The first-order valence-corrected chi connectivity index (χ1v) is 6.32. The van der Waals surface area contributed by atoms with Gasteiger partial charge < -0.3 is 10.6 Å². The Kier molecular flexibility index (Phi) is 3.38. The average Bonchev–Trinajstić information content (AvgIpc) is 2.38. The van der Waals surface area contributed by atoms with Gasteiger partial charge in [0.15, 0.2) is 0 Å². The molecule has 1 aliphatic rings. The zero-order valence-corrected chi connectivity index (χ0v) is 11.3. The number of fused-ring (bicyclic) bond motifs is 1. The fourth-order valence-electron chi connectivity index (χ4n) is 1.82. The summed E-state index contributed by atoms with van der Waals surface area (Å²) in [5.74, 6) is -0.138. The molecule has 0 bridgehead atoms. The van der Waals surface area contributed by atoms with E-state index in [-0.39, 0.29) is 17.8 Å². The molecule has 0 spiro atoms. The van der Waals surface area contributed by atoms with Gasteiger partial charge in [-0.15, -0.1) is 0 Å². The van der Waals surface area contributed by atoms with Crippen LogP contribution >= 0.6 is 15.9 Å². The molecule has 1 aromatic rings. The van der Waals surface area contributed by atoms with Crippen molar-refractivity contribution in [2.24, 2.45) is 5.92 Å². The predicted molar refractivity (Wildman–Crippen MR) is 69.6 cm³/mol. The molecular weight excluding hydrogens is 287 g/mol. The summed E-state index contributed by atoms with van der Waals surface area (Å²) in [4.78, 5) is 11.7. The molecule has 1 aromatic carbocycles. The van der Waals surface area contributed by atoms with Crippen molar-refractivity contribution in [3.05, 3.63) is 22.4 Å². The number of carbonyl (C=O) groups is 1. The van der Waals surface area contributed by atoms with Gasteiger partial charge in [-0.1, -0.05) is 13.8 Å². The lowest BCUT2D eigenvalue weighted by atomic mass is 10.0. The van der Waals surface area contributed by atoms with Crippen LogP contribution in [0.15, 0.2) is 16.6 Å². The zero-order chi connectivity index (χ0) is 12.6. The summed E-state index contributed by atoms with van der Waals surface area (Å²) in [7, 11) is 0. The third kappa shape index (κ3) is 2.60. The molecular formula is C12H14BrFN2O. The minimum atomic E-state index is -0.381. The van der Waals surface area contributed by atoms with Crippen LogP contribution in [-0.4, -0.2) is 11.9 Å². The molecule has 0 saturated carbocycles. The summed E-state index contributed by atoms with van der Waals surface area (Å²) in [6.45, 7) is 4.10. The van der Waals surface area contributed by atoms with E-state index in [1.807, 2.05) is 0 Å². The molecule has 2 rings (SSSR count). The number of hydrogen-bond acceptors (Lipinski definition) is 2. The van der Waals surface area contributed by atoms with Crippen molar-refractivity contribution >= 4 is 33.2 Å². The maximum absolute atomic E-state index is 13.4. The second-order valence-corrected chi connectivity index (χ2v) is 5.41. The highest BCUT2D eigenvalue weighted by Gasteiger charge is 2.23. The molecule has 0 aromatic heterocycles. The second-order valence-electron chi connectivity index (χ2n) is 4.56. The van der Waals surface area contributed by atoms with Crippen molar-refractivity contribution in [3.63, 3.8) is 0 Å². The first kappa shape index (κ1) is 12.4. The normalized spacial score (nSPS) is 19.4. The number of rotatable bonds is 1. The Labute approximate surface area is 108 Å². The second kappa shape index (κ2) is 4.64. The van der Waals surface area contributed by atoms with Crippen molar-refractivity contribution < 1.29 is 9.18 Å². The van der Waals surface area contributed by atoms with Crippen LogP contribution in [0, 0.1) is 11.7 Å². The lowest BCUT2D eigenvalue weighted by molar-refractivity contribution is -0.116. The molecule has 1 aliphatic heterocycles. The van der Waals surface area contributed by atoms with Gasteiger partial charge in [-0.25, -0.2) is 4.39 Å². The number of benzene rings is 1. The summed E-state index contributed by atoms with van der Waals surface area (Å²) in [5, 5.41) is 5.99. The van der Waals surface area contributed by atoms with Gasteiger partial charge >= 0.3 is 0 Å².